The maximum Gasteiger partial charge on any atom is 0.303 e. The normalized spacial score (nSPS) is 46.9. The maximum atomic E-state index is 10.9. The van der Waals surface area contributed by atoms with E-state index in [9.17, 15) is 9.90 Å². The van der Waals surface area contributed by atoms with Crippen LogP contribution in [0.25, 0.3) is 0 Å². The first-order valence-electron chi connectivity index (χ1n) is 5.65. The Kier molecular flexibility index (Phi) is 2.16. The molecule has 0 heterocycles. The van der Waals surface area contributed by atoms with E-state index < -0.39 is 5.60 Å². The molecule has 0 radical (unpaired) electrons. The van der Waals surface area contributed by atoms with Crippen LogP contribution in [0.4, 0.5) is 0 Å². The Balaban J connectivity index is 2.10. The van der Waals surface area contributed by atoms with Gasteiger partial charge in [0.2, 0.25) is 0 Å². The minimum Gasteiger partial charge on any atom is -0.459 e. The first kappa shape index (κ1) is 10.9. The molecule has 0 aromatic carbocycles. The van der Waals surface area contributed by atoms with Crippen LogP contribution in [-0.4, -0.2) is 22.8 Å². The van der Waals surface area contributed by atoms with E-state index in [1.165, 1.54) is 6.92 Å². The molecule has 2 fully saturated rings. The zero-order chi connectivity index (χ0) is 11.4. The SMILES string of the molecule is CC(=O)O[C@@H]1C[C@@H]2[C@H](C[C@]1(C)O)C2(C)C. The molecular formula is C12H20O3. The quantitative estimate of drug-likeness (QED) is 0.673. The number of carbonyl (C=O) groups excluding carboxylic acids is 1. The summed E-state index contributed by atoms with van der Waals surface area (Å²) in [6.45, 7) is 7.65. The van der Waals surface area contributed by atoms with Gasteiger partial charge in [0.05, 0.1) is 5.60 Å². The number of hydrogen-bond donors (Lipinski definition) is 1. The van der Waals surface area contributed by atoms with Crippen LogP contribution in [0.3, 0.4) is 0 Å². The first-order chi connectivity index (χ1) is 6.75. The van der Waals surface area contributed by atoms with E-state index in [2.05, 4.69) is 13.8 Å². The maximum absolute atomic E-state index is 10.9. The van der Waals surface area contributed by atoms with E-state index in [1.807, 2.05) is 0 Å². The van der Waals surface area contributed by atoms with Crippen LogP contribution in [0, 0.1) is 17.3 Å². The molecule has 0 saturated heterocycles. The second-order valence-corrected chi connectivity index (χ2v) is 5.93. The fourth-order valence-corrected chi connectivity index (χ4v) is 3.17. The molecule has 86 valence electrons. The lowest BCUT2D eigenvalue weighted by Gasteiger charge is -2.35. The minimum absolute atomic E-state index is 0.294. The van der Waals surface area contributed by atoms with E-state index in [-0.39, 0.29) is 12.1 Å². The van der Waals surface area contributed by atoms with Crippen LogP contribution in [-0.2, 0) is 9.53 Å². The molecule has 2 aliphatic rings. The summed E-state index contributed by atoms with van der Waals surface area (Å²) in [4.78, 5) is 10.9. The van der Waals surface area contributed by atoms with Gasteiger partial charge in [0.1, 0.15) is 6.10 Å². The molecule has 0 spiro atoms. The van der Waals surface area contributed by atoms with Gasteiger partial charge < -0.3 is 9.84 Å². The van der Waals surface area contributed by atoms with Gasteiger partial charge in [-0.15, -0.1) is 0 Å². The summed E-state index contributed by atoms with van der Waals surface area (Å²) in [5.41, 5.74) is -0.528. The second kappa shape index (κ2) is 2.97. The van der Waals surface area contributed by atoms with Crippen molar-refractivity contribution in [3.8, 4) is 0 Å². The first-order valence-corrected chi connectivity index (χ1v) is 5.65. The van der Waals surface area contributed by atoms with Crippen LogP contribution in [0.15, 0.2) is 0 Å². The number of aliphatic hydroxyl groups is 1. The zero-order valence-corrected chi connectivity index (χ0v) is 9.91. The number of carbonyl (C=O) groups is 1. The van der Waals surface area contributed by atoms with Crippen LogP contribution in [0.5, 0.6) is 0 Å². The molecule has 0 bridgehead atoms. The summed E-state index contributed by atoms with van der Waals surface area (Å²) in [6.07, 6.45) is 1.24. The van der Waals surface area contributed by atoms with Gasteiger partial charge in [-0.25, -0.2) is 0 Å². The van der Waals surface area contributed by atoms with Crippen LogP contribution >= 0.6 is 0 Å². The molecule has 0 unspecified atom stereocenters. The molecule has 3 heteroatoms. The number of ether oxygens (including phenoxy) is 1. The van der Waals surface area contributed by atoms with Crippen molar-refractivity contribution in [3.05, 3.63) is 0 Å². The lowest BCUT2D eigenvalue weighted by molar-refractivity contribution is -0.166. The second-order valence-electron chi connectivity index (χ2n) is 5.93. The van der Waals surface area contributed by atoms with Crippen molar-refractivity contribution in [2.75, 3.05) is 0 Å². The Morgan fingerprint density at radius 3 is 2.47 bits per heavy atom. The van der Waals surface area contributed by atoms with Gasteiger partial charge in [-0.3, -0.25) is 4.79 Å². The summed E-state index contributed by atoms with van der Waals surface area (Å²) in [5.74, 6) is 0.915. The Hall–Kier alpha value is -0.570. The van der Waals surface area contributed by atoms with Crippen LogP contribution in [0.1, 0.15) is 40.5 Å². The van der Waals surface area contributed by atoms with E-state index in [4.69, 9.17) is 4.74 Å². The van der Waals surface area contributed by atoms with Crippen molar-refractivity contribution in [1.82, 2.24) is 0 Å². The lowest BCUT2D eigenvalue weighted by atomic mass is 9.84. The average Bonchev–Trinajstić information content (AvgIpc) is 2.52. The van der Waals surface area contributed by atoms with Crippen molar-refractivity contribution in [3.63, 3.8) is 0 Å². The average molecular weight is 212 g/mol. The topological polar surface area (TPSA) is 46.5 Å². The Bertz CT molecular complexity index is 293. The van der Waals surface area contributed by atoms with Crippen LogP contribution < -0.4 is 0 Å². The smallest absolute Gasteiger partial charge is 0.303 e. The van der Waals surface area contributed by atoms with Crippen molar-refractivity contribution < 1.29 is 14.6 Å². The van der Waals surface area contributed by atoms with Gasteiger partial charge >= 0.3 is 5.97 Å². The minimum atomic E-state index is -0.847. The number of fused-ring (bicyclic) bond motifs is 1. The fourth-order valence-electron chi connectivity index (χ4n) is 3.17. The molecule has 0 amide bonds. The predicted octanol–water partition coefficient (Wildman–Crippen LogP) is 1.74. The lowest BCUT2D eigenvalue weighted by Crippen LogP contribution is -2.45. The molecule has 0 aromatic rings. The number of rotatable bonds is 1. The fraction of sp³-hybridized carbons (Fsp3) is 0.917. The highest BCUT2D eigenvalue weighted by molar-refractivity contribution is 5.66. The summed E-state index contributed by atoms with van der Waals surface area (Å²) in [7, 11) is 0. The molecule has 0 aliphatic heterocycles. The molecule has 2 aliphatic carbocycles. The highest BCUT2D eigenvalue weighted by Crippen LogP contribution is 2.66. The summed E-state index contributed by atoms with van der Waals surface area (Å²) in [5, 5.41) is 10.2. The third kappa shape index (κ3) is 1.67. The summed E-state index contributed by atoms with van der Waals surface area (Å²) >= 11 is 0. The zero-order valence-electron chi connectivity index (χ0n) is 9.91. The summed E-state index contributed by atoms with van der Waals surface area (Å²) in [6, 6.07) is 0. The molecule has 2 saturated carbocycles. The molecule has 4 atom stereocenters. The third-order valence-corrected chi connectivity index (χ3v) is 4.39. The molecule has 0 aromatic heterocycles. The van der Waals surface area contributed by atoms with E-state index in [1.54, 1.807) is 6.92 Å². The molecular weight excluding hydrogens is 192 g/mol. The highest BCUT2D eigenvalue weighted by Gasteiger charge is 2.64. The van der Waals surface area contributed by atoms with Crippen molar-refractivity contribution in [2.24, 2.45) is 17.3 Å². The largest absolute Gasteiger partial charge is 0.459 e. The molecule has 2 rings (SSSR count). The Labute approximate surface area is 90.8 Å². The Morgan fingerprint density at radius 2 is 1.93 bits per heavy atom. The van der Waals surface area contributed by atoms with Gasteiger partial charge in [0, 0.05) is 6.92 Å². The van der Waals surface area contributed by atoms with E-state index in [0.717, 1.165) is 12.8 Å². The van der Waals surface area contributed by atoms with E-state index >= 15 is 0 Å². The van der Waals surface area contributed by atoms with E-state index in [0.29, 0.717) is 17.3 Å². The van der Waals surface area contributed by atoms with Crippen molar-refractivity contribution in [1.29, 1.82) is 0 Å². The predicted molar refractivity (Wildman–Crippen MR) is 56.2 cm³/mol. The van der Waals surface area contributed by atoms with Gasteiger partial charge in [-0.2, -0.15) is 0 Å². The van der Waals surface area contributed by atoms with Crippen LogP contribution in [0.2, 0.25) is 0 Å². The monoisotopic (exact) mass is 212 g/mol. The molecule has 15 heavy (non-hydrogen) atoms. The summed E-state index contributed by atoms with van der Waals surface area (Å²) < 4.78 is 5.21. The highest BCUT2D eigenvalue weighted by atomic mass is 16.6. The third-order valence-electron chi connectivity index (χ3n) is 4.39. The number of hydrogen-bond acceptors (Lipinski definition) is 3. The number of esters is 1. The van der Waals surface area contributed by atoms with Crippen molar-refractivity contribution >= 4 is 5.97 Å². The van der Waals surface area contributed by atoms with Gasteiger partial charge in [-0.1, -0.05) is 13.8 Å². The van der Waals surface area contributed by atoms with Gasteiger partial charge in [-0.05, 0) is 37.0 Å². The standard InChI is InChI=1S/C12H20O3/c1-7(13)15-10-5-8-9(11(8,2)3)6-12(10,4)14/h8-10,14H,5-6H2,1-4H3/t8-,9+,10-,12+/m1/s1. The van der Waals surface area contributed by atoms with Crippen molar-refractivity contribution in [2.45, 2.75) is 52.2 Å². The van der Waals surface area contributed by atoms with Gasteiger partial charge in [0.15, 0.2) is 0 Å². The molecule has 3 nitrogen and oxygen atoms in total. The molecule has 1 N–H and O–H groups in total. The Morgan fingerprint density at radius 1 is 1.33 bits per heavy atom. The van der Waals surface area contributed by atoms with Gasteiger partial charge in [0.25, 0.3) is 0 Å².